The van der Waals surface area contributed by atoms with E-state index in [9.17, 15) is 19.8 Å². The van der Waals surface area contributed by atoms with Crippen LogP contribution in [0.5, 0.6) is 0 Å². The van der Waals surface area contributed by atoms with Gasteiger partial charge in [-0.3, -0.25) is 14.3 Å². The molecule has 128 valence electrons. The van der Waals surface area contributed by atoms with E-state index in [0.29, 0.717) is 0 Å². The topological polar surface area (TPSA) is 192 Å². The molecule has 0 saturated carbocycles. The number of imidazole rings is 1. The number of aromatic amines is 1. The normalized spacial score (nSPS) is 26.8. The van der Waals surface area contributed by atoms with Crippen molar-refractivity contribution >= 4 is 17.1 Å². The molecule has 3 heterocycles. The van der Waals surface area contributed by atoms with Crippen LogP contribution in [0.25, 0.3) is 11.2 Å². The van der Waals surface area contributed by atoms with E-state index in [1.807, 2.05) is 0 Å². The molecule has 0 amide bonds. The predicted octanol–water partition coefficient (Wildman–Crippen LogP) is -3.40. The van der Waals surface area contributed by atoms with Gasteiger partial charge in [0.2, 0.25) is 5.95 Å². The SMILES string of the molecule is N#CCn1c(=O)n(C2OC(CO)C(O)C2O)c2nc(N)[nH]c(=O)c21. The number of aliphatic hydroxyl groups excluding tert-OH is 3. The van der Waals surface area contributed by atoms with Crippen molar-refractivity contribution < 1.29 is 20.1 Å². The van der Waals surface area contributed by atoms with E-state index in [0.717, 1.165) is 9.13 Å². The van der Waals surface area contributed by atoms with Gasteiger partial charge in [-0.1, -0.05) is 0 Å². The number of nitrogens with zero attached hydrogens (tertiary/aromatic N) is 4. The molecule has 12 nitrogen and oxygen atoms in total. The number of aromatic nitrogens is 4. The van der Waals surface area contributed by atoms with E-state index in [1.54, 1.807) is 6.07 Å². The zero-order valence-electron chi connectivity index (χ0n) is 12.2. The molecule has 0 bridgehead atoms. The summed E-state index contributed by atoms with van der Waals surface area (Å²) in [4.78, 5) is 30.8. The van der Waals surface area contributed by atoms with Crippen LogP contribution in [0.15, 0.2) is 9.59 Å². The van der Waals surface area contributed by atoms with Gasteiger partial charge in [-0.15, -0.1) is 0 Å². The van der Waals surface area contributed by atoms with Gasteiger partial charge in [0.25, 0.3) is 5.56 Å². The Bertz CT molecular complexity index is 938. The smallest absolute Gasteiger partial charge is 0.333 e. The number of rotatable bonds is 3. The second-order valence-corrected chi connectivity index (χ2v) is 5.25. The molecule has 4 unspecified atom stereocenters. The summed E-state index contributed by atoms with van der Waals surface area (Å²) >= 11 is 0. The number of hydrogen-bond acceptors (Lipinski definition) is 9. The number of H-pyrrole nitrogens is 1. The van der Waals surface area contributed by atoms with Gasteiger partial charge >= 0.3 is 5.69 Å². The molecular formula is C12H14N6O6. The molecule has 0 radical (unpaired) electrons. The van der Waals surface area contributed by atoms with E-state index in [4.69, 9.17) is 20.8 Å². The van der Waals surface area contributed by atoms with E-state index >= 15 is 0 Å². The van der Waals surface area contributed by atoms with Crippen molar-refractivity contribution in [2.45, 2.75) is 31.1 Å². The molecule has 0 aliphatic carbocycles. The zero-order valence-corrected chi connectivity index (χ0v) is 12.2. The number of nitrogen functional groups attached to an aromatic ring is 1. The molecule has 1 saturated heterocycles. The molecule has 2 aromatic heterocycles. The molecule has 3 rings (SSSR count). The Kier molecular flexibility index (Phi) is 3.85. The Morgan fingerprint density at radius 3 is 2.67 bits per heavy atom. The lowest BCUT2D eigenvalue weighted by Crippen LogP contribution is -2.36. The van der Waals surface area contributed by atoms with E-state index in [2.05, 4.69) is 9.97 Å². The van der Waals surface area contributed by atoms with Crippen LogP contribution in [0.2, 0.25) is 0 Å². The highest BCUT2D eigenvalue weighted by atomic mass is 16.6. The summed E-state index contributed by atoms with van der Waals surface area (Å²) in [6.07, 6.45) is -5.52. The molecule has 1 aliphatic rings. The number of aliphatic hydroxyl groups is 3. The highest BCUT2D eigenvalue weighted by Gasteiger charge is 2.45. The minimum atomic E-state index is -1.55. The van der Waals surface area contributed by atoms with Gasteiger partial charge in [-0.25, -0.2) is 9.36 Å². The summed E-state index contributed by atoms with van der Waals surface area (Å²) in [6, 6.07) is 1.75. The van der Waals surface area contributed by atoms with Crippen LogP contribution in [-0.4, -0.2) is 59.3 Å². The Morgan fingerprint density at radius 1 is 1.38 bits per heavy atom. The van der Waals surface area contributed by atoms with Crippen LogP contribution in [0.4, 0.5) is 5.95 Å². The first-order valence-corrected chi connectivity index (χ1v) is 6.90. The number of hydrogen-bond donors (Lipinski definition) is 5. The first-order valence-electron chi connectivity index (χ1n) is 6.90. The largest absolute Gasteiger partial charge is 0.394 e. The number of nitrogens with one attached hydrogen (secondary N) is 1. The third kappa shape index (κ3) is 2.19. The van der Waals surface area contributed by atoms with E-state index < -0.39 is 48.9 Å². The monoisotopic (exact) mass is 338 g/mol. The van der Waals surface area contributed by atoms with Gasteiger partial charge in [0.1, 0.15) is 24.9 Å². The van der Waals surface area contributed by atoms with Crippen molar-refractivity contribution in [2.24, 2.45) is 0 Å². The molecule has 2 aromatic rings. The van der Waals surface area contributed by atoms with Crippen LogP contribution >= 0.6 is 0 Å². The number of nitriles is 1. The maximum atomic E-state index is 12.6. The third-order valence-corrected chi connectivity index (χ3v) is 3.83. The number of nitrogens with two attached hydrogens (primary N) is 1. The van der Waals surface area contributed by atoms with Crippen LogP contribution in [0.3, 0.4) is 0 Å². The maximum Gasteiger partial charge on any atom is 0.333 e. The first kappa shape index (κ1) is 16.1. The van der Waals surface area contributed by atoms with Crippen LogP contribution < -0.4 is 17.0 Å². The van der Waals surface area contributed by atoms with Crippen molar-refractivity contribution in [2.75, 3.05) is 12.3 Å². The summed E-state index contributed by atoms with van der Waals surface area (Å²) in [6.45, 7) is -1.03. The van der Waals surface area contributed by atoms with E-state index in [1.165, 1.54) is 0 Å². The zero-order chi connectivity index (χ0) is 17.6. The second kappa shape index (κ2) is 5.73. The minimum Gasteiger partial charge on any atom is -0.394 e. The Morgan fingerprint density at radius 2 is 2.08 bits per heavy atom. The van der Waals surface area contributed by atoms with Crippen LogP contribution in [-0.2, 0) is 11.3 Å². The van der Waals surface area contributed by atoms with Gasteiger partial charge in [-0.2, -0.15) is 10.2 Å². The van der Waals surface area contributed by atoms with Crippen molar-refractivity contribution in [1.29, 1.82) is 5.26 Å². The number of fused-ring (bicyclic) bond motifs is 1. The summed E-state index contributed by atoms with van der Waals surface area (Å²) < 4.78 is 7.00. The van der Waals surface area contributed by atoms with Gasteiger partial charge in [-0.05, 0) is 0 Å². The summed E-state index contributed by atoms with van der Waals surface area (Å²) in [5.74, 6) is -0.276. The Balaban J connectivity index is 2.30. The maximum absolute atomic E-state index is 12.6. The molecule has 12 heteroatoms. The lowest BCUT2D eigenvalue weighted by Gasteiger charge is -2.15. The fourth-order valence-electron chi connectivity index (χ4n) is 2.74. The average Bonchev–Trinajstić information content (AvgIpc) is 2.96. The van der Waals surface area contributed by atoms with Crippen molar-refractivity contribution in [3.05, 3.63) is 20.8 Å². The average molecular weight is 338 g/mol. The molecule has 0 aromatic carbocycles. The lowest BCUT2D eigenvalue weighted by molar-refractivity contribution is -0.0527. The standard InChI is InChI=1S/C12H14N6O6/c13-1-2-17-5-8(15-11(14)16-9(5)22)18(12(17)23)10-7(21)6(20)4(3-19)24-10/h4,6-7,10,19-21H,2-3H2,(H3,14,15,16,22). The van der Waals surface area contributed by atoms with Crippen LogP contribution in [0.1, 0.15) is 6.23 Å². The predicted molar refractivity (Wildman–Crippen MR) is 77.6 cm³/mol. The highest BCUT2D eigenvalue weighted by molar-refractivity contribution is 5.72. The molecule has 1 fully saturated rings. The number of anilines is 1. The molecular weight excluding hydrogens is 324 g/mol. The third-order valence-electron chi connectivity index (χ3n) is 3.83. The molecule has 0 spiro atoms. The Labute approximate surface area is 133 Å². The van der Waals surface area contributed by atoms with Crippen molar-refractivity contribution in [3.63, 3.8) is 0 Å². The second-order valence-electron chi connectivity index (χ2n) is 5.25. The first-order chi connectivity index (χ1) is 11.4. The molecule has 6 N–H and O–H groups in total. The van der Waals surface area contributed by atoms with Crippen LogP contribution in [0, 0.1) is 11.3 Å². The lowest BCUT2D eigenvalue weighted by atomic mass is 10.1. The fraction of sp³-hybridized carbons (Fsp3) is 0.500. The molecule has 4 atom stereocenters. The van der Waals surface area contributed by atoms with Crippen molar-refractivity contribution in [3.8, 4) is 6.07 Å². The molecule has 24 heavy (non-hydrogen) atoms. The van der Waals surface area contributed by atoms with Gasteiger partial charge in [0, 0.05) is 0 Å². The quantitative estimate of drug-likeness (QED) is 0.379. The van der Waals surface area contributed by atoms with Gasteiger partial charge in [0.05, 0.1) is 12.7 Å². The van der Waals surface area contributed by atoms with Crippen molar-refractivity contribution in [1.82, 2.24) is 19.1 Å². The molecule has 1 aliphatic heterocycles. The summed E-state index contributed by atoms with van der Waals surface area (Å²) in [5.41, 5.74) is 3.49. The van der Waals surface area contributed by atoms with Gasteiger partial charge in [0.15, 0.2) is 17.4 Å². The van der Waals surface area contributed by atoms with Gasteiger partial charge < -0.3 is 25.8 Å². The van der Waals surface area contributed by atoms with E-state index in [-0.39, 0.29) is 17.1 Å². The fourth-order valence-corrected chi connectivity index (χ4v) is 2.74. The minimum absolute atomic E-state index is 0.202. The Hall–Kier alpha value is -2.72. The summed E-state index contributed by atoms with van der Waals surface area (Å²) in [5, 5.41) is 38.0. The number of ether oxygens (including phenoxy) is 1. The summed E-state index contributed by atoms with van der Waals surface area (Å²) in [7, 11) is 0. The highest BCUT2D eigenvalue weighted by Crippen LogP contribution is 2.30.